The lowest BCUT2D eigenvalue weighted by Crippen LogP contribution is -2.21. The van der Waals surface area contributed by atoms with Crippen LogP contribution in [-0.4, -0.2) is 24.9 Å². The smallest absolute Gasteiger partial charge is 0.226 e. The maximum absolute atomic E-state index is 11.6. The Kier molecular flexibility index (Phi) is 6.12. The van der Waals surface area contributed by atoms with Crippen LogP contribution in [-0.2, 0) is 4.79 Å². The lowest BCUT2D eigenvalue weighted by molar-refractivity contribution is -0.127. The summed E-state index contributed by atoms with van der Waals surface area (Å²) in [6.45, 7) is 11.7. The zero-order valence-electron chi connectivity index (χ0n) is 10.5. The van der Waals surface area contributed by atoms with Crippen LogP contribution in [0.15, 0.2) is 35.4 Å². The van der Waals surface area contributed by atoms with E-state index in [1.165, 1.54) is 4.90 Å². The van der Waals surface area contributed by atoms with E-state index < -0.39 is 0 Å². The van der Waals surface area contributed by atoms with Crippen molar-refractivity contribution in [1.29, 1.82) is 0 Å². The Balaban J connectivity index is 4.83. The molecule has 0 spiro atoms. The first-order valence-corrected chi connectivity index (χ1v) is 5.57. The minimum Gasteiger partial charge on any atom is -0.349 e. The molecule has 2 nitrogen and oxygen atoms in total. The van der Waals surface area contributed by atoms with Crippen molar-refractivity contribution < 1.29 is 4.79 Å². The van der Waals surface area contributed by atoms with Gasteiger partial charge in [-0.15, -0.1) is 0 Å². The van der Waals surface area contributed by atoms with E-state index in [0.29, 0.717) is 11.0 Å². The fourth-order valence-corrected chi connectivity index (χ4v) is 1.06. The van der Waals surface area contributed by atoms with E-state index in [1.807, 2.05) is 19.9 Å². The van der Waals surface area contributed by atoms with Gasteiger partial charge in [0.05, 0.1) is 6.42 Å². The number of halogens is 1. The molecule has 0 fully saturated rings. The van der Waals surface area contributed by atoms with E-state index in [2.05, 4.69) is 13.2 Å². The van der Waals surface area contributed by atoms with Crippen molar-refractivity contribution in [3.8, 4) is 0 Å². The first kappa shape index (κ1) is 15.0. The predicted molar refractivity (Wildman–Crippen MR) is 70.4 cm³/mol. The summed E-state index contributed by atoms with van der Waals surface area (Å²) in [6.07, 6.45) is 2.11. The fraction of sp³-hybridized carbons (Fsp3) is 0.462. The van der Waals surface area contributed by atoms with Crippen LogP contribution in [0.4, 0.5) is 0 Å². The van der Waals surface area contributed by atoms with Crippen LogP contribution in [0.5, 0.6) is 0 Å². The van der Waals surface area contributed by atoms with Gasteiger partial charge in [-0.1, -0.05) is 50.3 Å². The SMILES string of the molecule is C=C(Cl)/C(=C\C(=C)C(C)C)CC(=O)N(C)C. The van der Waals surface area contributed by atoms with Gasteiger partial charge in [-0.25, -0.2) is 0 Å². The highest BCUT2D eigenvalue weighted by atomic mass is 35.5. The van der Waals surface area contributed by atoms with Crippen LogP contribution in [0.2, 0.25) is 0 Å². The molecule has 1 amide bonds. The molecule has 0 bridgehead atoms. The van der Waals surface area contributed by atoms with Gasteiger partial charge in [0.2, 0.25) is 5.91 Å². The van der Waals surface area contributed by atoms with Crippen LogP contribution in [0.3, 0.4) is 0 Å². The molecule has 0 aromatic rings. The minimum absolute atomic E-state index is 0.00426. The van der Waals surface area contributed by atoms with Crippen LogP contribution >= 0.6 is 11.6 Å². The summed E-state index contributed by atoms with van der Waals surface area (Å²) < 4.78 is 0. The van der Waals surface area contributed by atoms with E-state index in [-0.39, 0.29) is 12.3 Å². The van der Waals surface area contributed by atoms with Crippen LogP contribution < -0.4 is 0 Å². The maximum atomic E-state index is 11.6. The summed E-state index contributed by atoms with van der Waals surface area (Å²) in [5.74, 6) is 0.338. The number of carbonyl (C=O) groups is 1. The largest absolute Gasteiger partial charge is 0.349 e. The molecule has 0 aliphatic carbocycles. The summed E-state index contributed by atoms with van der Waals surface area (Å²) >= 11 is 5.87. The number of carbonyl (C=O) groups excluding carboxylic acids is 1. The van der Waals surface area contributed by atoms with Gasteiger partial charge >= 0.3 is 0 Å². The Morgan fingerprint density at radius 3 is 2.19 bits per heavy atom. The van der Waals surface area contributed by atoms with E-state index >= 15 is 0 Å². The van der Waals surface area contributed by atoms with Crippen molar-refractivity contribution in [3.63, 3.8) is 0 Å². The number of allylic oxidation sites excluding steroid dienone is 3. The monoisotopic (exact) mass is 241 g/mol. The van der Waals surface area contributed by atoms with Crippen molar-refractivity contribution in [2.75, 3.05) is 14.1 Å². The second-order valence-electron chi connectivity index (χ2n) is 4.27. The molecule has 0 aromatic heterocycles. The lowest BCUT2D eigenvalue weighted by atomic mass is 10.0. The molecule has 0 aromatic carbocycles. The third-order valence-electron chi connectivity index (χ3n) is 2.29. The zero-order valence-corrected chi connectivity index (χ0v) is 11.3. The second-order valence-corrected chi connectivity index (χ2v) is 4.73. The highest BCUT2D eigenvalue weighted by Gasteiger charge is 2.10. The molecular weight excluding hydrogens is 222 g/mol. The Labute approximate surface area is 103 Å². The van der Waals surface area contributed by atoms with E-state index in [4.69, 9.17) is 11.6 Å². The highest BCUT2D eigenvalue weighted by Crippen LogP contribution is 2.21. The molecule has 0 unspecified atom stereocenters. The molecule has 0 saturated heterocycles. The first-order valence-electron chi connectivity index (χ1n) is 5.20. The van der Waals surface area contributed by atoms with Crippen molar-refractivity contribution >= 4 is 17.5 Å². The van der Waals surface area contributed by atoms with Crippen LogP contribution in [0.25, 0.3) is 0 Å². The van der Waals surface area contributed by atoms with Gasteiger partial charge in [0.15, 0.2) is 0 Å². The summed E-state index contributed by atoms with van der Waals surface area (Å²) in [4.78, 5) is 13.1. The number of hydrogen-bond donors (Lipinski definition) is 0. The topological polar surface area (TPSA) is 20.3 Å². The van der Waals surface area contributed by atoms with E-state index in [0.717, 1.165) is 11.1 Å². The Hall–Kier alpha value is -1.02. The number of nitrogens with zero attached hydrogens (tertiary/aromatic N) is 1. The molecule has 0 atom stereocenters. The van der Waals surface area contributed by atoms with Gasteiger partial charge in [0.25, 0.3) is 0 Å². The van der Waals surface area contributed by atoms with Crippen molar-refractivity contribution in [1.82, 2.24) is 4.90 Å². The molecule has 0 aliphatic heterocycles. The number of hydrogen-bond acceptors (Lipinski definition) is 1. The lowest BCUT2D eigenvalue weighted by Gasteiger charge is -2.13. The van der Waals surface area contributed by atoms with Gasteiger partial charge in [-0.2, -0.15) is 0 Å². The summed E-state index contributed by atoms with van der Waals surface area (Å²) in [6, 6.07) is 0. The van der Waals surface area contributed by atoms with Gasteiger partial charge in [0.1, 0.15) is 0 Å². The van der Waals surface area contributed by atoms with E-state index in [1.54, 1.807) is 14.1 Å². The highest BCUT2D eigenvalue weighted by molar-refractivity contribution is 6.31. The molecule has 0 heterocycles. The molecule has 0 N–H and O–H groups in total. The summed E-state index contributed by atoms with van der Waals surface area (Å²) in [5.41, 5.74) is 1.68. The molecular formula is C13H20ClNO. The van der Waals surface area contributed by atoms with Crippen molar-refractivity contribution in [2.24, 2.45) is 5.92 Å². The van der Waals surface area contributed by atoms with Crippen molar-refractivity contribution in [2.45, 2.75) is 20.3 Å². The van der Waals surface area contributed by atoms with Gasteiger partial charge < -0.3 is 4.90 Å². The minimum atomic E-state index is 0.00426. The molecule has 16 heavy (non-hydrogen) atoms. The third-order valence-corrected chi connectivity index (χ3v) is 2.53. The first-order chi connectivity index (χ1) is 7.25. The standard InChI is InChI=1S/C13H20ClNO/c1-9(2)10(3)7-12(11(4)14)8-13(16)15(5)6/h7,9H,3-4,8H2,1-2,5-6H3/b12-7-. The van der Waals surface area contributed by atoms with Gasteiger partial charge in [-0.05, 0) is 11.5 Å². The second kappa shape index (κ2) is 6.54. The molecule has 90 valence electrons. The van der Waals surface area contributed by atoms with Crippen molar-refractivity contribution in [3.05, 3.63) is 35.4 Å². The maximum Gasteiger partial charge on any atom is 0.226 e. The quantitative estimate of drug-likeness (QED) is 0.676. The predicted octanol–water partition coefficient (Wildman–Crippen LogP) is 3.36. The number of amides is 1. The van der Waals surface area contributed by atoms with E-state index in [9.17, 15) is 4.79 Å². The van der Waals surface area contributed by atoms with Gasteiger partial charge in [0, 0.05) is 19.1 Å². The Bertz CT molecular complexity index is 327. The molecule has 0 radical (unpaired) electrons. The van der Waals surface area contributed by atoms with Crippen LogP contribution in [0.1, 0.15) is 20.3 Å². The molecule has 0 aliphatic rings. The average molecular weight is 242 g/mol. The Morgan fingerprint density at radius 2 is 1.88 bits per heavy atom. The summed E-state index contributed by atoms with van der Waals surface area (Å²) in [5, 5.41) is 0.400. The van der Waals surface area contributed by atoms with Crippen LogP contribution in [0, 0.1) is 5.92 Å². The zero-order chi connectivity index (χ0) is 12.9. The summed E-state index contributed by atoms with van der Waals surface area (Å²) in [7, 11) is 3.43. The average Bonchev–Trinajstić information content (AvgIpc) is 2.15. The number of rotatable bonds is 5. The molecule has 0 rings (SSSR count). The van der Waals surface area contributed by atoms with Gasteiger partial charge in [-0.3, -0.25) is 4.79 Å². The Morgan fingerprint density at radius 1 is 1.38 bits per heavy atom. The normalized spacial score (nSPS) is 11.5. The third kappa shape index (κ3) is 5.17. The molecule has 3 heteroatoms. The molecule has 0 saturated carbocycles. The fourth-order valence-electron chi connectivity index (χ4n) is 0.937.